The second-order valence-corrected chi connectivity index (χ2v) is 5.72. The molecule has 0 amide bonds. The fraction of sp³-hybridized carbons (Fsp3) is 0.294. The Kier molecular flexibility index (Phi) is 2.62. The standard InChI is InChI=1S/C17H15NO3/c19-18(20)13-8-9-15-14(11-13)16-7-4-10-17(15,21-16)12-5-2-1-3-6-12/h1-3,5-6,8-9,11,16H,4,7,10H2/t16-,17-/m1/s1. The first-order valence-corrected chi connectivity index (χ1v) is 7.23. The molecular formula is C17H15NO3. The minimum absolute atomic E-state index is 0.0196. The van der Waals surface area contributed by atoms with Gasteiger partial charge in [-0.1, -0.05) is 30.3 Å². The number of hydrogen-bond donors (Lipinski definition) is 0. The number of ether oxygens (including phenoxy) is 1. The van der Waals surface area contributed by atoms with Crippen molar-refractivity contribution in [1.29, 1.82) is 0 Å². The molecule has 4 heteroatoms. The van der Waals surface area contributed by atoms with Crippen LogP contribution < -0.4 is 0 Å². The van der Waals surface area contributed by atoms with Crippen LogP contribution in [0.3, 0.4) is 0 Å². The Morgan fingerprint density at radius 3 is 2.76 bits per heavy atom. The van der Waals surface area contributed by atoms with E-state index in [-0.39, 0.29) is 16.7 Å². The zero-order valence-electron chi connectivity index (χ0n) is 11.5. The molecule has 0 spiro atoms. The summed E-state index contributed by atoms with van der Waals surface area (Å²) in [6.07, 6.45) is 2.91. The first kappa shape index (κ1) is 12.5. The molecule has 1 saturated heterocycles. The van der Waals surface area contributed by atoms with Crippen molar-refractivity contribution in [2.75, 3.05) is 0 Å². The summed E-state index contributed by atoms with van der Waals surface area (Å²) in [6.45, 7) is 0. The molecule has 4 nitrogen and oxygen atoms in total. The molecule has 2 aliphatic heterocycles. The Hall–Kier alpha value is -2.20. The Bertz CT molecular complexity index is 713. The van der Waals surface area contributed by atoms with Crippen LogP contribution in [0, 0.1) is 10.1 Å². The van der Waals surface area contributed by atoms with E-state index in [0.29, 0.717) is 0 Å². The molecule has 0 radical (unpaired) electrons. The largest absolute Gasteiger partial charge is 0.358 e. The highest BCUT2D eigenvalue weighted by atomic mass is 16.6. The Labute approximate surface area is 122 Å². The topological polar surface area (TPSA) is 52.4 Å². The average Bonchev–Trinajstić information content (AvgIpc) is 2.76. The van der Waals surface area contributed by atoms with Crippen molar-refractivity contribution in [2.24, 2.45) is 0 Å². The third-order valence-electron chi connectivity index (χ3n) is 4.61. The quantitative estimate of drug-likeness (QED) is 0.615. The van der Waals surface area contributed by atoms with Gasteiger partial charge in [-0.2, -0.15) is 0 Å². The van der Waals surface area contributed by atoms with Gasteiger partial charge in [0.05, 0.1) is 11.0 Å². The zero-order chi connectivity index (χ0) is 14.4. The summed E-state index contributed by atoms with van der Waals surface area (Å²) in [7, 11) is 0. The minimum Gasteiger partial charge on any atom is -0.358 e. The van der Waals surface area contributed by atoms with Gasteiger partial charge >= 0.3 is 0 Å². The van der Waals surface area contributed by atoms with E-state index in [1.54, 1.807) is 12.1 Å². The molecular weight excluding hydrogens is 266 g/mol. The molecule has 106 valence electrons. The summed E-state index contributed by atoms with van der Waals surface area (Å²) >= 11 is 0. The SMILES string of the molecule is O=[N+]([O-])c1ccc2c(c1)[C@H]1CCC[C@]2(c2ccccc2)O1. The van der Waals surface area contributed by atoms with Gasteiger partial charge < -0.3 is 4.74 Å². The van der Waals surface area contributed by atoms with Crippen LogP contribution in [0.2, 0.25) is 0 Å². The minimum atomic E-state index is -0.422. The molecule has 2 aliphatic rings. The van der Waals surface area contributed by atoms with Crippen LogP contribution in [-0.4, -0.2) is 4.92 Å². The van der Waals surface area contributed by atoms with Crippen molar-refractivity contribution < 1.29 is 9.66 Å². The van der Waals surface area contributed by atoms with E-state index in [1.807, 2.05) is 24.3 Å². The average molecular weight is 281 g/mol. The number of fused-ring (bicyclic) bond motifs is 5. The first-order valence-electron chi connectivity index (χ1n) is 7.23. The lowest BCUT2D eigenvalue weighted by Crippen LogP contribution is -2.30. The second-order valence-electron chi connectivity index (χ2n) is 5.72. The van der Waals surface area contributed by atoms with E-state index in [4.69, 9.17) is 4.74 Å². The van der Waals surface area contributed by atoms with Gasteiger partial charge in [0, 0.05) is 12.1 Å². The van der Waals surface area contributed by atoms with Crippen molar-refractivity contribution in [3.63, 3.8) is 0 Å². The molecule has 0 unspecified atom stereocenters. The van der Waals surface area contributed by atoms with Crippen molar-refractivity contribution in [3.8, 4) is 0 Å². The molecule has 4 rings (SSSR count). The number of benzene rings is 2. The highest BCUT2D eigenvalue weighted by Gasteiger charge is 2.49. The summed E-state index contributed by atoms with van der Waals surface area (Å²) < 4.78 is 6.35. The number of nitro benzene ring substituents is 1. The maximum Gasteiger partial charge on any atom is 0.269 e. The van der Waals surface area contributed by atoms with E-state index < -0.39 is 5.60 Å². The Morgan fingerprint density at radius 1 is 1.19 bits per heavy atom. The van der Waals surface area contributed by atoms with Crippen LogP contribution in [0.1, 0.15) is 42.1 Å². The summed E-state index contributed by atoms with van der Waals surface area (Å²) in [5.74, 6) is 0. The fourth-order valence-electron chi connectivity index (χ4n) is 3.69. The monoisotopic (exact) mass is 281 g/mol. The van der Waals surface area contributed by atoms with Gasteiger partial charge in [0.25, 0.3) is 5.69 Å². The summed E-state index contributed by atoms with van der Waals surface area (Å²) in [5, 5.41) is 11.0. The van der Waals surface area contributed by atoms with Crippen LogP contribution >= 0.6 is 0 Å². The predicted octanol–water partition coefficient (Wildman–Crippen LogP) is 4.09. The van der Waals surface area contributed by atoms with Gasteiger partial charge in [-0.25, -0.2) is 0 Å². The fourth-order valence-corrected chi connectivity index (χ4v) is 3.69. The molecule has 2 aromatic rings. The van der Waals surface area contributed by atoms with Gasteiger partial charge in [-0.15, -0.1) is 0 Å². The number of non-ortho nitro benzene ring substituents is 1. The third-order valence-corrected chi connectivity index (χ3v) is 4.61. The van der Waals surface area contributed by atoms with E-state index >= 15 is 0 Å². The van der Waals surface area contributed by atoms with Crippen molar-refractivity contribution in [1.82, 2.24) is 0 Å². The van der Waals surface area contributed by atoms with Crippen molar-refractivity contribution in [3.05, 3.63) is 75.3 Å². The first-order chi connectivity index (χ1) is 10.2. The van der Waals surface area contributed by atoms with Gasteiger partial charge in [0.2, 0.25) is 0 Å². The van der Waals surface area contributed by atoms with E-state index in [9.17, 15) is 10.1 Å². The van der Waals surface area contributed by atoms with Crippen LogP contribution in [-0.2, 0) is 10.3 Å². The number of nitrogens with zero attached hydrogens (tertiary/aromatic N) is 1. The van der Waals surface area contributed by atoms with Crippen LogP contribution in [0.25, 0.3) is 0 Å². The van der Waals surface area contributed by atoms with Gasteiger partial charge in [0.1, 0.15) is 5.60 Å². The lowest BCUT2D eigenvalue weighted by Gasteiger charge is -2.34. The number of rotatable bonds is 2. The second kappa shape index (κ2) is 4.40. The lowest BCUT2D eigenvalue weighted by atomic mass is 9.83. The Balaban J connectivity index is 1.91. The van der Waals surface area contributed by atoms with E-state index in [0.717, 1.165) is 36.0 Å². The number of hydrogen-bond acceptors (Lipinski definition) is 3. The highest BCUT2D eigenvalue weighted by Crippen LogP contribution is 2.55. The smallest absolute Gasteiger partial charge is 0.269 e. The Morgan fingerprint density at radius 2 is 2.00 bits per heavy atom. The molecule has 2 bridgehead atoms. The predicted molar refractivity (Wildman–Crippen MR) is 78.0 cm³/mol. The molecule has 0 N–H and O–H groups in total. The van der Waals surface area contributed by atoms with Crippen LogP contribution in [0.15, 0.2) is 48.5 Å². The summed E-state index contributed by atoms with van der Waals surface area (Å²) in [5.41, 5.74) is 2.96. The molecule has 0 aliphatic carbocycles. The maximum atomic E-state index is 11.0. The highest BCUT2D eigenvalue weighted by molar-refractivity contribution is 5.51. The van der Waals surface area contributed by atoms with E-state index in [1.165, 1.54) is 0 Å². The molecule has 2 heterocycles. The molecule has 0 aromatic heterocycles. The summed E-state index contributed by atoms with van der Waals surface area (Å²) in [6, 6.07) is 15.3. The molecule has 21 heavy (non-hydrogen) atoms. The van der Waals surface area contributed by atoms with Gasteiger partial charge in [-0.3, -0.25) is 10.1 Å². The lowest BCUT2D eigenvalue weighted by molar-refractivity contribution is -0.384. The molecule has 0 saturated carbocycles. The normalized spacial score (nSPS) is 26.4. The third kappa shape index (κ3) is 1.72. The van der Waals surface area contributed by atoms with Crippen LogP contribution in [0.5, 0.6) is 0 Å². The van der Waals surface area contributed by atoms with Crippen LogP contribution in [0.4, 0.5) is 5.69 Å². The molecule has 2 atom stereocenters. The summed E-state index contributed by atoms with van der Waals surface area (Å²) in [4.78, 5) is 10.7. The molecule has 1 fully saturated rings. The van der Waals surface area contributed by atoms with E-state index in [2.05, 4.69) is 12.1 Å². The van der Waals surface area contributed by atoms with Crippen molar-refractivity contribution >= 4 is 5.69 Å². The zero-order valence-corrected chi connectivity index (χ0v) is 11.5. The maximum absolute atomic E-state index is 11.0. The molecule has 2 aromatic carbocycles. The van der Waals surface area contributed by atoms with Crippen molar-refractivity contribution in [2.45, 2.75) is 31.0 Å². The van der Waals surface area contributed by atoms with Gasteiger partial charge in [-0.05, 0) is 42.0 Å². The van der Waals surface area contributed by atoms with Gasteiger partial charge in [0.15, 0.2) is 0 Å². The number of nitro groups is 1.